The zero-order valence-electron chi connectivity index (χ0n) is 16.7. The van der Waals surface area contributed by atoms with Gasteiger partial charge in [0.2, 0.25) is 0 Å². The molecule has 2 amide bonds. The van der Waals surface area contributed by atoms with Crippen LogP contribution in [0.4, 0.5) is 10.6 Å². The second kappa shape index (κ2) is 11.2. The zero-order valence-corrected chi connectivity index (χ0v) is 16.7. The molecule has 0 fully saturated rings. The van der Waals surface area contributed by atoms with Crippen molar-refractivity contribution >= 4 is 11.8 Å². The molecule has 152 valence electrons. The van der Waals surface area contributed by atoms with Crippen molar-refractivity contribution in [3.63, 3.8) is 0 Å². The van der Waals surface area contributed by atoms with E-state index < -0.39 is 0 Å². The molecule has 6 nitrogen and oxygen atoms in total. The minimum absolute atomic E-state index is 0.210. The Morgan fingerprint density at radius 1 is 0.867 bits per heavy atom. The average Bonchev–Trinajstić information content (AvgIpc) is 2.81. The second-order valence-electron chi connectivity index (χ2n) is 6.78. The Labute approximate surface area is 177 Å². The summed E-state index contributed by atoms with van der Waals surface area (Å²) in [5.74, 6) is 0.749. The van der Waals surface area contributed by atoms with E-state index in [9.17, 15) is 4.79 Å². The number of pyridine rings is 1. The Morgan fingerprint density at radius 2 is 1.50 bits per heavy atom. The Balaban J connectivity index is 1.44. The molecular formula is C24H25N5O. The highest BCUT2D eigenvalue weighted by Crippen LogP contribution is 2.27. The van der Waals surface area contributed by atoms with Crippen molar-refractivity contribution in [3.8, 4) is 6.07 Å². The van der Waals surface area contributed by atoms with Gasteiger partial charge in [0.05, 0.1) is 5.56 Å². The van der Waals surface area contributed by atoms with E-state index in [-0.39, 0.29) is 11.9 Å². The SMILES string of the molecule is N#Cc1cccnc1NCCNC(=O)NCCC(c1ccccc1)c1ccccc1. The van der Waals surface area contributed by atoms with Crippen LogP contribution in [0.25, 0.3) is 0 Å². The second-order valence-corrected chi connectivity index (χ2v) is 6.78. The standard InChI is InChI=1S/C24H25N5O/c25-18-21-12-7-14-26-23(21)27-16-17-29-24(30)28-15-13-22(19-8-3-1-4-9-19)20-10-5-2-6-11-20/h1-12,14,22H,13,15-17H2,(H,26,27)(H2,28,29,30). The van der Waals surface area contributed by atoms with Gasteiger partial charge < -0.3 is 16.0 Å². The van der Waals surface area contributed by atoms with E-state index in [1.807, 2.05) is 36.4 Å². The van der Waals surface area contributed by atoms with Crippen LogP contribution in [0.15, 0.2) is 79.0 Å². The first-order valence-corrected chi connectivity index (χ1v) is 9.98. The summed E-state index contributed by atoms with van der Waals surface area (Å²) in [5, 5.41) is 17.9. The lowest BCUT2D eigenvalue weighted by Crippen LogP contribution is -2.38. The van der Waals surface area contributed by atoms with Crippen LogP contribution in [-0.4, -0.2) is 30.6 Å². The Hall–Kier alpha value is -3.85. The number of hydrogen-bond acceptors (Lipinski definition) is 4. The predicted octanol–water partition coefficient (Wildman–Crippen LogP) is 3.89. The number of anilines is 1. The maximum absolute atomic E-state index is 12.1. The first-order valence-electron chi connectivity index (χ1n) is 9.98. The molecule has 0 radical (unpaired) electrons. The van der Waals surface area contributed by atoms with E-state index in [1.165, 1.54) is 11.1 Å². The fraction of sp³-hybridized carbons (Fsp3) is 0.208. The minimum atomic E-state index is -0.210. The highest BCUT2D eigenvalue weighted by Gasteiger charge is 2.14. The predicted molar refractivity (Wildman–Crippen MR) is 118 cm³/mol. The van der Waals surface area contributed by atoms with Crippen LogP contribution in [0.1, 0.15) is 29.0 Å². The van der Waals surface area contributed by atoms with Crippen LogP contribution < -0.4 is 16.0 Å². The van der Waals surface area contributed by atoms with Gasteiger partial charge in [0.15, 0.2) is 0 Å². The molecule has 0 atom stereocenters. The molecule has 3 aromatic rings. The number of benzene rings is 2. The number of carbonyl (C=O) groups is 1. The minimum Gasteiger partial charge on any atom is -0.367 e. The summed E-state index contributed by atoms with van der Waals surface area (Å²) in [7, 11) is 0. The van der Waals surface area contributed by atoms with Crippen molar-refractivity contribution in [2.45, 2.75) is 12.3 Å². The van der Waals surface area contributed by atoms with Gasteiger partial charge >= 0.3 is 6.03 Å². The van der Waals surface area contributed by atoms with Crippen molar-refractivity contribution in [1.82, 2.24) is 15.6 Å². The van der Waals surface area contributed by atoms with Gasteiger partial charge in [-0.05, 0) is 29.7 Å². The normalized spacial score (nSPS) is 10.3. The maximum atomic E-state index is 12.1. The summed E-state index contributed by atoms with van der Waals surface area (Å²) >= 11 is 0. The summed E-state index contributed by atoms with van der Waals surface area (Å²) in [6.07, 6.45) is 2.43. The van der Waals surface area contributed by atoms with E-state index in [0.29, 0.717) is 31.0 Å². The quantitative estimate of drug-likeness (QED) is 0.476. The third-order valence-electron chi connectivity index (χ3n) is 4.75. The van der Waals surface area contributed by atoms with Gasteiger partial charge in [0.25, 0.3) is 0 Å². The van der Waals surface area contributed by atoms with Crippen molar-refractivity contribution < 1.29 is 4.79 Å². The number of amides is 2. The highest BCUT2D eigenvalue weighted by molar-refractivity contribution is 5.73. The van der Waals surface area contributed by atoms with Gasteiger partial charge in [-0.15, -0.1) is 0 Å². The van der Waals surface area contributed by atoms with E-state index in [4.69, 9.17) is 5.26 Å². The van der Waals surface area contributed by atoms with Gasteiger partial charge in [0, 0.05) is 31.7 Å². The molecule has 1 aromatic heterocycles. The fourth-order valence-corrected chi connectivity index (χ4v) is 3.28. The summed E-state index contributed by atoms with van der Waals surface area (Å²) in [5.41, 5.74) is 2.95. The smallest absolute Gasteiger partial charge is 0.314 e. The monoisotopic (exact) mass is 399 g/mol. The van der Waals surface area contributed by atoms with Gasteiger partial charge in [-0.25, -0.2) is 9.78 Å². The third-order valence-corrected chi connectivity index (χ3v) is 4.75. The number of carbonyl (C=O) groups excluding carboxylic acids is 1. The van der Waals surface area contributed by atoms with Gasteiger partial charge in [-0.3, -0.25) is 0 Å². The van der Waals surface area contributed by atoms with E-state index >= 15 is 0 Å². The van der Waals surface area contributed by atoms with Gasteiger partial charge in [-0.1, -0.05) is 60.7 Å². The topological polar surface area (TPSA) is 89.8 Å². The molecule has 0 aliphatic rings. The lowest BCUT2D eigenvalue weighted by atomic mass is 9.88. The molecule has 1 heterocycles. The molecule has 0 bridgehead atoms. The molecule has 0 aliphatic heterocycles. The Morgan fingerprint density at radius 3 is 2.13 bits per heavy atom. The molecule has 0 saturated carbocycles. The molecule has 6 heteroatoms. The van der Waals surface area contributed by atoms with Crippen LogP contribution in [0.2, 0.25) is 0 Å². The molecular weight excluding hydrogens is 374 g/mol. The zero-order chi connectivity index (χ0) is 21.0. The van der Waals surface area contributed by atoms with Crippen molar-refractivity contribution in [3.05, 3.63) is 95.7 Å². The molecule has 3 N–H and O–H groups in total. The van der Waals surface area contributed by atoms with Crippen LogP contribution in [0.3, 0.4) is 0 Å². The molecule has 0 unspecified atom stereocenters. The summed E-state index contributed by atoms with van der Waals surface area (Å²) in [6.45, 7) is 1.47. The number of aromatic nitrogens is 1. The first kappa shape index (κ1) is 20.9. The Bertz CT molecular complexity index is 930. The summed E-state index contributed by atoms with van der Waals surface area (Å²) < 4.78 is 0. The molecule has 30 heavy (non-hydrogen) atoms. The average molecular weight is 399 g/mol. The van der Waals surface area contributed by atoms with Crippen molar-refractivity contribution in [2.24, 2.45) is 0 Å². The molecule has 0 spiro atoms. The highest BCUT2D eigenvalue weighted by atomic mass is 16.2. The molecule has 0 saturated heterocycles. The lowest BCUT2D eigenvalue weighted by molar-refractivity contribution is 0.241. The number of nitrogens with one attached hydrogen (secondary N) is 3. The van der Waals surface area contributed by atoms with Gasteiger partial charge in [0.1, 0.15) is 11.9 Å². The van der Waals surface area contributed by atoms with Crippen LogP contribution in [-0.2, 0) is 0 Å². The Kier molecular flexibility index (Phi) is 7.81. The van der Waals surface area contributed by atoms with Gasteiger partial charge in [-0.2, -0.15) is 5.26 Å². The maximum Gasteiger partial charge on any atom is 0.314 e. The van der Waals surface area contributed by atoms with Crippen LogP contribution in [0.5, 0.6) is 0 Å². The van der Waals surface area contributed by atoms with Crippen LogP contribution >= 0.6 is 0 Å². The van der Waals surface area contributed by atoms with E-state index in [1.54, 1.807) is 18.3 Å². The third kappa shape index (κ3) is 6.08. The summed E-state index contributed by atoms with van der Waals surface area (Å²) in [6, 6.07) is 26.0. The lowest BCUT2D eigenvalue weighted by Gasteiger charge is -2.18. The molecule has 2 aromatic carbocycles. The molecule has 0 aliphatic carbocycles. The first-order chi connectivity index (χ1) is 14.8. The summed E-state index contributed by atoms with van der Waals surface area (Å²) in [4.78, 5) is 16.2. The number of nitrogens with zero attached hydrogens (tertiary/aromatic N) is 2. The van der Waals surface area contributed by atoms with E-state index in [0.717, 1.165) is 6.42 Å². The number of hydrogen-bond donors (Lipinski definition) is 3. The molecule has 3 rings (SSSR count). The van der Waals surface area contributed by atoms with Crippen LogP contribution in [0, 0.1) is 11.3 Å². The number of urea groups is 1. The van der Waals surface area contributed by atoms with E-state index in [2.05, 4.69) is 51.3 Å². The van der Waals surface area contributed by atoms with Crippen molar-refractivity contribution in [2.75, 3.05) is 25.0 Å². The largest absolute Gasteiger partial charge is 0.367 e. The van der Waals surface area contributed by atoms with Crippen molar-refractivity contribution in [1.29, 1.82) is 5.26 Å². The fourth-order valence-electron chi connectivity index (χ4n) is 3.28. The number of rotatable bonds is 9. The number of nitriles is 1.